The number of nitrogens with zero attached hydrogens (tertiary/aromatic N) is 1. The lowest BCUT2D eigenvalue weighted by atomic mass is 9.86. The summed E-state index contributed by atoms with van der Waals surface area (Å²) in [4.78, 5) is 13.7. The fraction of sp³-hybridized carbons (Fsp3) is 0.929. The largest absolute Gasteiger partial charge is 0.391 e. The molecule has 2 aliphatic rings. The van der Waals surface area contributed by atoms with E-state index < -0.39 is 0 Å². The van der Waals surface area contributed by atoms with Crippen LogP contribution >= 0.6 is 0 Å². The summed E-state index contributed by atoms with van der Waals surface area (Å²) in [6.45, 7) is 1.31. The zero-order valence-corrected chi connectivity index (χ0v) is 10.7. The van der Waals surface area contributed by atoms with Gasteiger partial charge in [-0.3, -0.25) is 4.79 Å². The average molecular weight is 239 g/mol. The molecule has 2 fully saturated rings. The molecule has 1 amide bonds. The molecule has 0 unspecified atom stereocenters. The Hall–Kier alpha value is -0.570. The van der Waals surface area contributed by atoms with E-state index in [2.05, 4.69) is 0 Å². The number of aliphatic hydroxyl groups excluding tert-OH is 1. The monoisotopic (exact) mass is 239 g/mol. The first-order valence-electron chi connectivity index (χ1n) is 7.21. The Balaban J connectivity index is 1.59. The number of carbonyl (C=O) groups excluding carboxylic acids is 1. The van der Waals surface area contributed by atoms with E-state index in [1.165, 1.54) is 38.5 Å². The van der Waals surface area contributed by atoms with Crippen LogP contribution in [0.2, 0.25) is 0 Å². The number of hydrogen-bond acceptors (Lipinski definition) is 2. The first-order valence-corrected chi connectivity index (χ1v) is 7.21. The van der Waals surface area contributed by atoms with Crippen molar-refractivity contribution >= 4 is 5.91 Å². The lowest BCUT2D eigenvalue weighted by Crippen LogP contribution is -2.29. The van der Waals surface area contributed by atoms with Gasteiger partial charge in [0, 0.05) is 19.5 Å². The first-order chi connectivity index (χ1) is 8.25. The van der Waals surface area contributed by atoms with Crippen molar-refractivity contribution in [3.05, 3.63) is 0 Å². The molecule has 3 heteroatoms. The summed E-state index contributed by atoms with van der Waals surface area (Å²) in [5, 5.41) is 9.38. The molecule has 98 valence electrons. The van der Waals surface area contributed by atoms with E-state index >= 15 is 0 Å². The fourth-order valence-corrected chi connectivity index (χ4v) is 3.14. The van der Waals surface area contributed by atoms with Gasteiger partial charge in [0.1, 0.15) is 0 Å². The lowest BCUT2D eigenvalue weighted by Gasteiger charge is -2.22. The Morgan fingerprint density at radius 2 is 1.94 bits per heavy atom. The van der Waals surface area contributed by atoms with Crippen molar-refractivity contribution in [3.63, 3.8) is 0 Å². The molecule has 0 bridgehead atoms. The number of likely N-dealkylation sites (tertiary alicyclic amines) is 1. The molecule has 0 aromatic carbocycles. The number of amides is 1. The van der Waals surface area contributed by atoms with Crippen LogP contribution < -0.4 is 0 Å². The highest BCUT2D eigenvalue weighted by Gasteiger charge is 2.24. The molecule has 0 radical (unpaired) electrons. The SMILES string of the molecule is O=C(CCCC1CCCCC1)N1CC[C@@H](O)C1. The van der Waals surface area contributed by atoms with Gasteiger partial charge < -0.3 is 10.0 Å². The second-order valence-corrected chi connectivity index (χ2v) is 5.68. The van der Waals surface area contributed by atoms with E-state index in [-0.39, 0.29) is 12.0 Å². The van der Waals surface area contributed by atoms with Crippen molar-refractivity contribution in [3.8, 4) is 0 Å². The molecule has 1 atom stereocenters. The molecule has 1 heterocycles. The maximum absolute atomic E-state index is 11.8. The zero-order valence-electron chi connectivity index (χ0n) is 10.7. The molecule has 1 aliphatic carbocycles. The standard InChI is InChI=1S/C14H25NO2/c16-13-9-10-15(11-13)14(17)8-4-7-12-5-2-1-3-6-12/h12-13,16H,1-11H2/t13-/m1/s1. The highest BCUT2D eigenvalue weighted by Crippen LogP contribution is 2.27. The van der Waals surface area contributed by atoms with Crippen molar-refractivity contribution in [1.82, 2.24) is 4.90 Å². The van der Waals surface area contributed by atoms with Crippen molar-refractivity contribution in [1.29, 1.82) is 0 Å². The van der Waals surface area contributed by atoms with Crippen molar-refractivity contribution < 1.29 is 9.90 Å². The van der Waals surface area contributed by atoms with Gasteiger partial charge in [0.2, 0.25) is 5.91 Å². The number of aliphatic hydroxyl groups is 1. The second-order valence-electron chi connectivity index (χ2n) is 5.68. The van der Waals surface area contributed by atoms with Gasteiger partial charge in [0.05, 0.1) is 6.10 Å². The molecule has 17 heavy (non-hydrogen) atoms. The molecule has 0 aromatic heterocycles. The molecule has 1 aliphatic heterocycles. The number of carbonyl (C=O) groups is 1. The van der Waals surface area contributed by atoms with Crippen LogP contribution in [0.5, 0.6) is 0 Å². The predicted molar refractivity (Wildman–Crippen MR) is 67.6 cm³/mol. The quantitative estimate of drug-likeness (QED) is 0.818. The molecule has 0 aromatic rings. The minimum Gasteiger partial charge on any atom is -0.391 e. The Labute approximate surface area is 104 Å². The number of hydrogen-bond donors (Lipinski definition) is 1. The maximum Gasteiger partial charge on any atom is 0.222 e. The summed E-state index contributed by atoms with van der Waals surface area (Å²) < 4.78 is 0. The Bertz CT molecular complexity index is 249. The molecule has 1 N–H and O–H groups in total. The van der Waals surface area contributed by atoms with Crippen LogP contribution in [0.25, 0.3) is 0 Å². The summed E-state index contributed by atoms with van der Waals surface area (Å²) in [6, 6.07) is 0. The summed E-state index contributed by atoms with van der Waals surface area (Å²) >= 11 is 0. The fourth-order valence-electron chi connectivity index (χ4n) is 3.14. The maximum atomic E-state index is 11.8. The summed E-state index contributed by atoms with van der Waals surface area (Å²) in [7, 11) is 0. The Morgan fingerprint density at radius 3 is 2.59 bits per heavy atom. The third kappa shape index (κ3) is 3.98. The van der Waals surface area contributed by atoms with Crippen molar-refractivity contribution in [2.75, 3.05) is 13.1 Å². The van der Waals surface area contributed by atoms with Crippen LogP contribution in [0.3, 0.4) is 0 Å². The smallest absolute Gasteiger partial charge is 0.222 e. The van der Waals surface area contributed by atoms with E-state index in [0.717, 1.165) is 25.3 Å². The topological polar surface area (TPSA) is 40.5 Å². The van der Waals surface area contributed by atoms with E-state index in [1.54, 1.807) is 0 Å². The Kier molecular flexibility index (Phi) is 4.84. The molecular formula is C14H25NO2. The predicted octanol–water partition coefficient (Wildman–Crippen LogP) is 2.33. The van der Waals surface area contributed by atoms with Crippen LogP contribution in [0, 0.1) is 5.92 Å². The van der Waals surface area contributed by atoms with Gasteiger partial charge in [-0.15, -0.1) is 0 Å². The van der Waals surface area contributed by atoms with Gasteiger partial charge in [-0.1, -0.05) is 32.1 Å². The van der Waals surface area contributed by atoms with Crippen LogP contribution in [-0.4, -0.2) is 35.1 Å². The van der Waals surface area contributed by atoms with Crippen molar-refractivity contribution in [2.24, 2.45) is 5.92 Å². The molecule has 0 spiro atoms. The molecular weight excluding hydrogens is 214 g/mol. The van der Waals surface area contributed by atoms with Gasteiger partial charge in [0.25, 0.3) is 0 Å². The van der Waals surface area contributed by atoms with Gasteiger partial charge in [-0.25, -0.2) is 0 Å². The summed E-state index contributed by atoms with van der Waals surface area (Å²) in [5.74, 6) is 1.12. The third-order valence-corrected chi connectivity index (χ3v) is 4.24. The molecule has 2 rings (SSSR count). The third-order valence-electron chi connectivity index (χ3n) is 4.24. The molecule has 3 nitrogen and oxygen atoms in total. The van der Waals surface area contributed by atoms with Crippen LogP contribution in [-0.2, 0) is 4.79 Å². The summed E-state index contributed by atoms with van der Waals surface area (Å²) in [6.07, 6.45) is 10.3. The van der Waals surface area contributed by atoms with E-state index in [1.807, 2.05) is 4.90 Å². The first kappa shape index (κ1) is 12.9. The molecule has 1 saturated heterocycles. The van der Waals surface area contributed by atoms with E-state index in [4.69, 9.17) is 0 Å². The van der Waals surface area contributed by atoms with Crippen LogP contribution in [0.4, 0.5) is 0 Å². The normalized spacial score (nSPS) is 26.4. The Morgan fingerprint density at radius 1 is 1.18 bits per heavy atom. The second kappa shape index (κ2) is 6.39. The van der Waals surface area contributed by atoms with Gasteiger partial charge in [0.15, 0.2) is 0 Å². The minimum atomic E-state index is -0.280. The van der Waals surface area contributed by atoms with E-state index in [0.29, 0.717) is 13.0 Å². The van der Waals surface area contributed by atoms with Crippen LogP contribution in [0.1, 0.15) is 57.8 Å². The minimum absolute atomic E-state index is 0.248. The average Bonchev–Trinajstić information content (AvgIpc) is 2.77. The highest BCUT2D eigenvalue weighted by molar-refractivity contribution is 5.76. The highest BCUT2D eigenvalue weighted by atomic mass is 16.3. The van der Waals surface area contributed by atoms with Gasteiger partial charge >= 0.3 is 0 Å². The van der Waals surface area contributed by atoms with Gasteiger partial charge in [-0.05, 0) is 25.2 Å². The molecule has 1 saturated carbocycles. The lowest BCUT2D eigenvalue weighted by molar-refractivity contribution is -0.130. The zero-order chi connectivity index (χ0) is 12.1. The number of β-amino-alcohol motifs (C(OH)–C–C–N with tert-alkyl or cyclic N) is 1. The van der Waals surface area contributed by atoms with Crippen molar-refractivity contribution in [2.45, 2.75) is 63.9 Å². The number of rotatable bonds is 4. The van der Waals surface area contributed by atoms with Gasteiger partial charge in [-0.2, -0.15) is 0 Å². The van der Waals surface area contributed by atoms with E-state index in [9.17, 15) is 9.90 Å². The van der Waals surface area contributed by atoms with Crippen LogP contribution in [0.15, 0.2) is 0 Å². The summed E-state index contributed by atoms with van der Waals surface area (Å²) in [5.41, 5.74) is 0.